The van der Waals surface area contributed by atoms with Crippen LogP contribution >= 0.6 is 11.6 Å². The van der Waals surface area contributed by atoms with E-state index in [9.17, 15) is 8.78 Å². The van der Waals surface area contributed by atoms with Crippen LogP contribution < -0.4 is 4.74 Å². The molecule has 5 heteroatoms. The Morgan fingerprint density at radius 2 is 1.88 bits per heavy atom. The predicted molar refractivity (Wildman–Crippen MR) is 57.9 cm³/mol. The first-order chi connectivity index (χ1) is 7.58. The predicted octanol–water partition coefficient (Wildman–Crippen LogP) is 3.12. The molecule has 0 saturated heterocycles. The van der Waals surface area contributed by atoms with Crippen LogP contribution in [0.4, 0.5) is 8.78 Å². The number of alkyl halides is 1. The van der Waals surface area contributed by atoms with Gasteiger partial charge in [-0.15, -0.1) is 11.6 Å². The third kappa shape index (κ3) is 3.32. The molecule has 0 bridgehead atoms. The van der Waals surface area contributed by atoms with Gasteiger partial charge in [-0.3, -0.25) is 0 Å². The van der Waals surface area contributed by atoms with Gasteiger partial charge in [-0.1, -0.05) is 0 Å². The summed E-state index contributed by atoms with van der Waals surface area (Å²) < 4.78 is 36.7. The minimum absolute atomic E-state index is 0.0581. The van der Waals surface area contributed by atoms with Crippen molar-refractivity contribution in [2.24, 2.45) is 0 Å². The first-order valence-corrected chi connectivity index (χ1v) is 5.31. The molecule has 0 N–H and O–H groups in total. The van der Waals surface area contributed by atoms with Gasteiger partial charge in [0, 0.05) is 13.0 Å². The molecule has 16 heavy (non-hydrogen) atoms. The number of methoxy groups -OCH3 is 1. The van der Waals surface area contributed by atoms with Gasteiger partial charge in [0.25, 0.3) is 0 Å². The Kier molecular flexibility index (Phi) is 4.96. The summed E-state index contributed by atoms with van der Waals surface area (Å²) in [6, 6.07) is 2.31. The van der Waals surface area contributed by atoms with Crippen LogP contribution in [-0.2, 0) is 10.6 Å². The van der Waals surface area contributed by atoms with Crippen molar-refractivity contribution in [2.75, 3.05) is 13.7 Å². The molecule has 0 aliphatic carbocycles. The topological polar surface area (TPSA) is 18.5 Å². The molecule has 0 radical (unpaired) electrons. The van der Waals surface area contributed by atoms with Gasteiger partial charge in [0.05, 0.1) is 6.10 Å². The molecule has 1 aromatic carbocycles. The molecule has 0 fully saturated rings. The smallest absolute Gasteiger partial charge is 0.190 e. The van der Waals surface area contributed by atoms with E-state index in [0.29, 0.717) is 5.56 Å². The van der Waals surface area contributed by atoms with Gasteiger partial charge in [0.15, 0.2) is 17.4 Å². The van der Waals surface area contributed by atoms with E-state index in [1.54, 1.807) is 6.92 Å². The standard InChI is InChI=1S/C11H13ClF2O2/c1-7(15-2)6-16-11-9(13)3-8(5-12)4-10(11)14/h3-4,7H,5-6H2,1-2H3. The Bertz CT molecular complexity index is 335. The van der Waals surface area contributed by atoms with Crippen molar-refractivity contribution in [1.29, 1.82) is 0 Å². The lowest BCUT2D eigenvalue weighted by Crippen LogP contribution is -2.17. The molecule has 0 aliphatic heterocycles. The molecule has 0 spiro atoms. The van der Waals surface area contributed by atoms with Crippen molar-refractivity contribution in [2.45, 2.75) is 18.9 Å². The number of halogens is 3. The van der Waals surface area contributed by atoms with E-state index in [-0.39, 0.29) is 18.6 Å². The zero-order valence-electron chi connectivity index (χ0n) is 9.10. The summed E-state index contributed by atoms with van der Waals surface area (Å²) in [5, 5.41) is 0. The molecule has 1 aromatic rings. The largest absolute Gasteiger partial charge is 0.485 e. The first-order valence-electron chi connectivity index (χ1n) is 4.78. The van der Waals surface area contributed by atoms with Crippen LogP contribution in [0.1, 0.15) is 12.5 Å². The van der Waals surface area contributed by atoms with E-state index in [2.05, 4.69) is 0 Å². The van der Waals surface area contributed by atoms with Crippen LogP contribution in [0.5, 0.6) is 5.75 Å². The summed E-state index contributed by atoms with van der Waals surface area (Å²) in [6.45, 7) is 1.83. The fourth-order valence-electron chi connectivity index (χ4n) is 1.10. The summed E-state index contributed by atoms with van der Waals surface area (Å²) in [7, 11) is 1.50. The Labute approximate surface area is 98.1 Å². The Morgan fingerprint density at radius 1 is 1.31 bits per heavy atom. The first kappa shape index (κ1) is 13.2. The molecular formula is C11H13ClF2O2. The molecule has 1 unspecified atom stereocenters. The maximum Gasteiger partial charge on any atom is 0.190 e. The molecule has 0 saturated carbocycles. The van der Waals surface area contributed by atoms with Crippen molar-refractivity contribution in [3.63, 3.8) is 0 Å². The third-order valence-electron chi connectivity index (χ3n) is 2.08. The number of ether oxygens (including phenoxy) is 2. The monoisotopic (exact) mass is 250 g/mol. The molecule has 0 aliphatic rings. The van der Waals surface area contributed by atoms with E-state index in [4.69, 9.17) is 21.1 Å². The summed E-state index contributed by atoms with van der Waals surface area (Å²) in [5.74, 6) is -1.83. The lowest BCUT2D eigenvalue weighted by Gasteiger charge is -2.13. The average molecular weight is 251 g/mol. The minimum Gasteiger partial charge on any atom is -0.485 e. The van der Waals surface area contributed by atoms with Gasteiger partial charge in [-0.25, -0.2) is 8.78 Å². The van der Waals surface area contributed by atoms with Crippen molar-refractivity contribution < 1.29 is 18.3 Å². The molecule has 0 heterocycles. The Balaban J connectivity index is 2.80. The van der Waals surface area contributed by atoms with Crippen LogP contribution in [0, 0.1) is 11.6 Å². The number of rotatable bonds is 5. The molecule has 0 aromatic heterocycles. The Morgan fingerprint density at radius 3 is 2.31 bits per heavy atom. The van der Waals surface area contributed by atoms with Crippen LogP contribution in [0.25, 0.3) is 0 Å². The molecular weight excluding hydrogens is 238 g/mol. The normalized spacial score (nSPS) is 12.6. The van der Waals surface area contributed by atoms with E-state index in [1.165, 1.54) is 7.11 Å². The van der Waals surface area contributed by atoms with Gasteiger partial charge in [0.2, 0.25) is 0 Å². The summed E-state index contributed by atoms with van der Waals surface area (Å²) in [6.07, 6.45) is -0.230. The quantitative estimate of drug-likeness (QED) is 0.748. The summed E-state index contributed by atoms with van der Waals surface area (Å²) in [5.41, 5.74) is 0.379. The highest BCUT2D eigenvalue weighted by Gasteiger charge is 2.13. The van der Waals surface area contributed by atoms with Gasteiger partial charge < -0.3 is 9.47 Å². The number of benzene rings is 1. The maximum absolute atomic E-state index is 13.4. The fraction of sp³-hybridized carbons (Fsp3) is 0.455. The van der Waals surface area contributed by atoms with E-state index >= 15 is 0 Å². The van der Waals surface area contributed by atoms with Crippen LogP contribution in [-0.4, -0.2) is 19.8 Å². The lowest BCUT2D eigenvalue weighted by atomic mass is 10.2. The summed E-state index contributed by atoms with van der Waals surface area (Å²) in [4.78, 5) is 0. The maximum atomic E-state index is 13.4. The van der Waals surface area contributed by atoms with E-state index in [1.807, 2.05) is 0 Å². The second kappa shape index (κ2) is 6.01. The second-order valence-electron chi connectivity index (χ2n) is 3.38. The van der Waals surface area contributed by atoms with Crippen molar-refractivity contribution in [3.05, 3.63) is 29.3 Å². The zero-order valence-corrected chi connectivity index (χ0v) is 9.85. The highest BCUT2D eigenvalue weighted by molar-refractivity contribution is 6.17. The molecule has 2 nitrogen and oxygen atoms in total. The highest BCUT2D eigenvalue weighted by Crippen LogP contribution is 2.24. The number of hydrogen-bond acceptors (Lipinski definition) is 2. The molecule has 0 amide bonds. The van der Waals surface area contributed by atoms with E-state index < -0.39 is 17.4 Å². The van der Waals surface area contributed by atoms with Gasteiger partial charge in [-0.2, -0.15) is 0 Å². The fourth-order valence-corrected chi connectivity index (χ4v) is 1.25. The average Bonchev–Trinajstić information content (AvgIpc) is 2.27. The third-order valence-corrected chi connectivity index (χ3v) is 2.39. The second-order valence-corrected chi connectivity index (χ2v) is 3.65. The van der Waals surface area contributed by atoms with Crippen LogP contribution in [0.3, 0.4) is 0 Å². The van der Waals surface area contributed by atoms with Crippen molar-refractivity contribution >= 4 is 11.6 Å². The van der Waals surface area contributed by atoms with Gasteiger partial charge in [0.1, 0.15) is 6.61 Å². The zero-order chi connectivity index (χ0) is 12.1. The molecule has 1 atom stereocenters. The van der Waals surface area contributed by atoms with Crippen molar-refractivity contribution in [1.82, 2.24) is 0 Å². The highest BCUT2D eigenvalue weighted by atomic mass is 35.5. The van der Waals surface area contributed by atoms with Gasteiger partial charge >= 0.3 is 0 Å². The van der Waals surface area contributed by atoms with Crippen molar-refractivity contribution in [3.8, 4) is 5.75 Å². The molecule has 90 valence electrons. The lowest BCUT2D eigenvalue weighted by molar-refractivity contribution is 0.0685. The van der Waals surface area contributed by atoms with Crippen LogP contribution in [0.15, 0.2) is 12.1 Å². The van der Waals surface area contributed by atoms with Gasteiger partial charge in [-0.05, 0) is 24.6 Å². The summed E-state index contributed by atoms with van der Waals surface area (Å²) >= 11 is 5.48. The van der Waals surface area contributed by atoms with E-state index in [0.717, 1.165) is 12.1 Å². The SMILES string of the molecule is COC(C)COc1c(F)cc(CCl)cc1F. The number of hydrogen-bond donors (Lipinski definition) is 0. The molecule has 1 rings (SSSR count). The Hall–Kier alpha value is -0.870. The minimum atomic E-state index is -0.751. The van der Waals surface area contributed by atoms with Crippen LogP contribution in [0.2, 0.25) is 0 Å².